The molecule has 8 nitrogen and oxygen atoms in total. The van der Waals surface area contributed by atoms with Crippen molar-refractivity contribution in [2.45, 2.75) is 17.1 Å². The number of nitrogen functional groups attached to an aromatic ring is 1. The summed E-state index contributed by atoms with van der Waals surface area (Å²) in [6.07, 6.45) is 0. The minimum atomic E-state index is -0.567. The van der Waals surface area contributed by atoms with Gasteiger partial charge in [0.15, 0.2) is 10.2 Å². The summed E-state index contributed by atoms with van der Waals surface area (Å²) in [6.45, 7) is 1.65. The number of nitrogens with zero attached hydrogens (tertiary/aromatic N) is 3. The Hall–Kier alpha value is -2.42. The van der Waals surface area contributed by atoms with Crippen LogP contribution in [0.2, 0.25) is 0 Å². The molecule has 0 aliphatic heterocycles. The topological polar surface area (TPSA) is 128 Å². The normalized spacial score (nSPS) is 10.4. The standard InChI is InChI=1S/C10H9N5O3S/c1-5-4-8(16)14-10(12-5)19-9-6(15(17)18)2-3-7(11)13-9/h2-4H,1H3,(H2,11,13)(H,12,14,16). The molecule has 0 aromatic carbocycles. The molecule has 0 atom stereocenters. The van der Waals surface area contributed by atoms with Gasteiger partial charge in [0.05, 0.1) is 4.92 Å². The second-order valence-electron chi connectivity index (χ2n) is 3.61. The first-order valence-electron chi connectivity index (χ1n) is 5.12. The van der Waals surface area contributed by atoms with E-state index in [1.54, 1.807) is 6.92 Å². The average molecular weight is 279 g/mol. The summed E-state index contributed by atoms with van der Waals surface area (Å²) in [7, 11) is 0. The number of aryl methyl sites for hydroxylation is 1. The summed E-state index contributed by atoms with van der Waals surface area (Å²) in [4.78, 5) is 32.0. The van der Waals surface area contributed by atoms with E-state index in [1.165, 1.54) is 18.2 Å². The third-order valence-electron chi connectivity index (χ3n) is 2.10. The van der Waals surface area contributed by atoms with Gasteiger partial charge in [0.25, 0.3) is 5.56 Å². The molecule has 0 saturated carbocycles. The van der Waals surface area contributed by atoms with Crippen LogP contribution in [0.5, 0.6) is 0 Å². The lowest BCUT2D eigenvalue weighted by atomic mass is 10.4. The highest BCUT2D eigenvalue weighted by Gasteiger charge is 2.17. The Morgan fingerprint density at radius 1 is 1.42 bits per heavy atom. The third kappa shape index (κ3) is 3.07. The molecule has 0 radical (unpaired) electrons. The van der Waals surface area contributed by atoms with Crippen LogP contribution in [0.4, 0.5) is 11.5 Å². The van der Waals surface area contributed by atoms with Gasteiger partial charge in [0.1, 0.15) is 5.82 Å². The molecule has 0 unspecified atom stereocenters. The number of H-pyrrole nitrogens is 1. The molecule has 3 N–H and O–H groups in total. The minimum absolute atomic E-state index is 0.0822. The summed E-state index contributed by atoms with van der Waals surface area (Å²) in [5, 5.41) is 11.2. The van der Waals surface area contributed by atoms with Gasteiger partial charge in [-0.05, 0) is 24.8 Å². The van der Waals surface area contributed by atoms with E-state index in [4.69, 9.17) is 5.73 Å². The molecule has 98 valence electrons. The number of anilines is 1. The van der Waals surface area contributed by atoms with Crippen molar-refractivity contribution in [2.24, 2.45) is 0 Å². The molecular weight excluding hydrogens is 270 g/mol. The molecule has 2 aromatic heterocycles. The highest BCUT2D eigenvalue weighted by Crippen LogP contribution is 2.31. The van der Waals surface area contributed by atoms with Gasteiger partial charge < -0.3 is 10.7 Å². The van der Waals surface area contributed by atoms with Crippen LogP contribution < -0.4 is 11.3 Å². The Kier molecular flexibility index (Phi) is 3.47. The molecule has 19 heavy (non-hydrogen) atoms. The molecule has 2 aromatic rings. The lowest BCUT2D eigenvalue weighted by Crippen LogP contribution is -2.08. The number of hydrogen-bond donors (Lipinski definition) is 2. The zero-order valence-electron chi connectivity index (χ0n) is 9.78. The van der Waals surface area contributed by atoms with Gasteiger partial charge in [-0.3, -0.25) is 14.9 Å². The van der Waals surface area contributed by atoms with E-state index in [0.29, 0.717) is 5.69 Å². The largest absolute Gasteiger partial charge is 0.384 e. The molecule has 0 amide bonds. The SMILES string of the molecule is Cc1cc(=O)[nH]c(Sc2nc(N)ccc2[N+](=O)[O-])n1. The van der Waals surface area contributed by atoms with Crippen molar-refractivity contribution in [3.05, 3.63) is 44.4 Å². The molecule has 0 aliphatic rings. The van der Waals surface area contributed by atoms with Gasteiger partial charge in [-0.15, -0.1) is 0 Å². The maximum Gasteiger partial charge on any atom is 0.301 e. The van der Waals surface area contributed by atoms with E-state index in [9.17, 15) is 14.9 Å². The van der Waals surface area contributed by atoms with Crippen LogP contribution in [-0.4, -0.2) is 19.9 Å². The maximum absolute atomic E-state index is 11.3. The van der Waals surface area contributed by atoms with Crippen LogP contribution in [0.1, 0.15) is 5.69 Å². The van der Waals surface area contributed by atoms with Gasteiger partial charge in [0.2, 0.25) is 0 Å². The van der Waals surface area contributed by atoms with Gasteiger partial charge in [-0.2, -0.15) is 0 Å². The summed E-state index contributed by atoms with van der Waals surface area (Å²) in [5.41, 5.74) is 5.49. The number of nitro groups is 1. The zero-order valence-corrected chi connectivity index (χ0v) is 10.6. The first-order chi connectivity index (χ1) is 8.95. The van der Waals surface area contributed by atoms with Crippen LogP contribution in [0.25, 0.3) is 0 Å². The monoisotopic (exact) mass is 279 g/mol. The highest BCUT2D eigenvalue weighted by atomic mass is 32.2. The van der Waals surface area contributed by atoms with Crippen molar-refractivity contribution in [2.75, 3.05) is 5.73 Å². The van der Waals surface area contributed by atoms with Crippen LogP contribution in [0.15, 0.2) is 33.2 Å². The number of rotatable bonds is 3. The number of nitrogens with one attached hydrogen (secondary N) is 1. The molecule has 0 spiro atoms. The van der Waals surface area contributed by atoms with E-state index in [-0.39, 0.29) is 27.2 Å². The number of hydrogen-bond acceptors (Lipinski definition) is 7. The maximum atomic E-state index is 11.3. The second kappa shape index (κ2) is 5.06. The van der Waals surface area contributed by atoms with Crippen LogP contribution in [0.3, 0.4) is 0 Å². The Morgan fingerprint density at radius 3 is 2.79 bits per heavy atom. The van der Waals surface area contributed by atoms with E-state index >= 15 is 0 Å². The number of aromatic nitrogens is 3. The Morgan fingerprint density at radius 2 is 2.16 bits per heavy atom. The molecule has 0 fully saturated rings. The van der Waals surface area contributed by atoms with Crippen LogP contribution >= 0.6 is 11.8 Å². The average Bonchev–Trinajstić information content (AvgIpc) is 2.26. The van der Waals surface area contributed by atoms with Gasteiger partial charge >= 0.3 is 5.69 Å². The van der Waals surface area contributed by atoms with Crippen LogP contribution in [0, 0.1) is 17.0 Å². The smallest absolute Gasteiger partial charge is 0.301 e. The van der Waals surface area contributed by atoms with Crippen LogP contribution in [-0.2, 0) is 0 Å². The third-order valence-corrected chi connectivity index (χ3v) is 2.98. The molecule has 0 aliphatic carbocycles. The zero-order chi connectivity index (χ0) is 14.0. The predicted molar refractivity (Wildman–Crippen MR) is 69.0 cm³/mol. The fraction of sp³-hybridized carbons (Fsp3) is 0.100. The minimum Gasteiger partial charge on any atom is -0.384 e. The van der Waals surface area contributed by atoms with E-state index in [2.05, 4.69) is 15.0 Å². The first-order valence-corrected chi connectivity index (χ1v) is 5.94. The molecular formula is C10H9N5O3S. The van der Waals surface area contributed by atoms with Crippen molar-refractivity contribution in [3.63, 3.8) is 0 Å². The fourth-order valence-corrected chi connectivity index (χ4v) is 2.28. The first kappa shape index (κ1) is 13.0. The van der Waals surface area contributed by atoms with Gasteiger partial charge in [0, 0.05) is 17.8 Å². The molecule has 2 heterocycles. The summed E-state index contributed by atoms with van der Waals surface area (Å²) in [6, 6.07) is 3.93. The highest BCUT2D eigenvalue weighted by molar-refractivity contribution is 7.99. The molecule has 0 saturated heterocycles. The molecule has 9 heteroatoms. The van der Waals surface area contributed by atoms with Crippen molar-refractivity contribution in [1.29, 1.82) is 0 Å². The fourth-order valence-electron chi connectivity index (χ4n) is 1.35. The van der Waals surface area contributed by atoms with Crippen molar-refractivity contribution in [1.82, 2.24) is 15.0 Å². The summed E-state index contributed by atoms with van der Waals surface area (Å²) >= 11 is 0.886. The Labute approximate surface area is 111 Å². The summed E-state index contributed by atoms with van der Waals surface area (Å²) in [5.74, 6) is 0.156. The van der Waals surface area contributed by atoms with E-state index in [0.717, 1.165) is 11.8 Å². The second-order valence-corrected chi connectivity index (χ2v) is 4.59. The van der Waals surface area contributed by atoms with Crippen molar-refractivity contribution >= 4 is 23.3 Å². The van der Waals surface area contributed by atoms with E-state index in [1.807, 2.05) is 0 Å². The molecule has 2 rings (SSSR count). The molecule has 0 bridgehead atoms. The predicted octanol–water partition coefficient (Wildman–Crippen LogP) is 1.11. The lowest BCUT2D eigenvalue weighted by Gasteiger charge is -2.03. The number of aromatic amines is 1. The lowest BCUT2D eigenvalue weighted by molar-refractivity contribution is -0.388. The van der Waals surface area contributed by atoms with Gasteiger partial charge in [-0.25, -0.2) is 9.97 Å². The summed E-state index contributed by atoms with van der Waals surface area (Å²) < 4.78 is 0. The number of pyridine rings is 1. The van der Waals surface area contributed by atoms with Crippen molar-refractivity contribution < 1.29 is 4.92 Å². The van der Waals surface area contributed by atoms with Gasteiger partial charge in [-0.1, -0.05) is 0 Å². The van der Waals surface area contributed by atoms with E-state index < -0.39 is 4.92 Å². The van der Waals surface area contributed by atoms with Crippen molar-refractivity contribution in [3.8, 4) is 0 Å². The Bertz CT molecular complexity index is 700. The number of nitrogens with two attached hydrogens (primary N) is 1. The quantitative estimate of drug-likeness (QED) is 0.489. The Balaban J connectivity index is 2.45.